The second kappa shape index (κ2) is 6.12. The van der Waals surface area contributed by atoms with Gasteiger partial charge in [0.25, 0.3) is 0 Å². The van der Waals surface area contributed by atoms with Gasteiger partial charge in [-0.25, -0.2) is 9.98 Å². The van der Waals surface area contributed by atoms with Gasteiger partial charge >= 0.3 is 0 Å². The number of rotatable bonds is 1. The number of aliphatic imine (C=N–C) groups is 4. The van der Waals surface area contributed by atoms with E-state index in [1.165, 1.54) is 22.2 Å². The molecule has 0 bridgehead atoms. The maximum atomic E-state index is 5.09. The first-order chi connectivity index (χ1) is 13.9. The van der Waals surface area contributed by atoms with E-state index in [2.05, 4.69) is 67.4 Å². The lowest BCUT2D eigenvalue weighted by atomic mass is 9.90. The maximum absolute atomic E-state index is 5.09. The lowest BCUT2D eigenvalue weighted by Gasteiger charge is -2.26. The highest BCUT2D eigenvalue weighted by atomic mass is 15.3. The van der Waals surface area contributed by atoms with Crippen LogP contribution >= 0.6 is 0 Å². The summed E-state index contributed by atoms with van der Waals surface area (Å²) in [5.41, 5.74) is 3.81. The predicted molar refractivity (Wildman–Crippen MR) is 115 cm³/mol. The van der Waals surface area contributed by atoms with Crippen molar-refractivity contribution in [3.63, 3.8) is 0 Å². The normalized spacial score (nSPS) is 27.4. The quantitative estimate of drug-likeness (QED) is 0.825. The Balaban J connectivity index is 1.46. The largest absolute Gasteiger partial charge is 0.312 e. The molecule has 1 N–H and O–H groups in total. The number of nitrogens with one attached hydrogen (secondary N) is 1. The van der Waals surface area contributed by atoms with Crippen LogP contribution in [0.4, 0.5) is 0 Å². The zero-order valence-electron chi connectivity index (χ0n) is 15.4. The molecule has 1 aromatic carbocycles. The molecule has 3 unspecified atom stereocenters. The van der Waals surface area contributed by atoms with E-state index in [0.717, 1.165) is 31.1 Å². The lowest BCUT2D eigenvalue weighted by molar-refractivity contribution is 0.489. The lowest BCUT2D eigenvalue weighted by Crippen LogP contribution is -2.42. The van der Waals surface area contributed by atoms with Gasteiger partial charge in [0, 0.05) is 35.0 Å². The second-order valence-corrected chi connectivity index (χ2v) is 7.52. The van der Waals surface area contributed by atoms with Gasteiger partial charge in [0.15, 0.2) is 0 Å². The molecule has 6 heteroatoms. The molecule has 0 saturated carbocycles. The molecule has 138 valence electrons. The summed E-state index contributed by atoms with van der Waals surface area (Å²) in [6, 6.07) is 8.54. The van der Waals surface area contributed by atoms with E-state index in [-0.39, 0.29) is 12.1 Å². The van der Waals surface area contributed by atoms with Crippen molar-refractivity contribution in [3.8, 4) is 0 Å². The minimum absolute atomic E-state index is 0.0537. The molecular formula is C22H20N6. The molecule has 2 aromatic rings. The third-order valence-corrected chi connectivity index (χ3v) is 5.94. The number of hydrogen-bond acceptors (Lipinski definition) is 5. The molecule has 3 aliphatic heterocycles. The molecule has 0 saturated heterocycles. The standard InChI is InChI=1S/C22H20N6/c1-3-7-17-15(5-1)16-6-2-4-8-18(16)28(17)22-26-20-19(14-9-11-23-12-10-14)24-13-25-21(20)27-22/h1-3,5-7,9,11-14,19-20H,4,8,10H2,(H,24,25,26,27). The summed E-state index contributed by atoms with van der Waals surface area (Å²) in [5.74, 6) is 2.05. The Kier molecular flexibility index (Phi) is 3.44. The molecule has 0 fully saturated rings. The number of benzene rings is 1. The molecule has 4 aliphatic rings. The van der Waals surface area contributed by atoms with Crippen LogP contribution in [-0.4, -0.2) is 41.0 Å². The number of fused-ring (bicyclic) bond motifs is 4. The molecule has 28 heavy (non-hydrogen) atoms. The molecule has 0 spiro atoms. The van der Waals surface area contributed by atoms with Crippen molar-refractivity contribution in [1.82, 2.24) is 9.88 Å². The number of hydrogen-bond donors (Lipinski definition) is 1. The molecule has 4 heterocycles. The number of amidine groups is 1. The number of aromatic nitrogens is 1. The van der Waals surface area contributed by atoms with Gasteiger partial charge < -0.3 is 5.32 Å². The molecule has 6 nitrogen and oxygen atoms in total. The average molecular weight is 368 g/mol. The minimum Gasteiger partial charge on any atom is -0.312 e. The highest BCUT2D eigenvalue weighted by Crippen LogP contribution is 2.32. The van der Waals surface area contributed by atoms with Gasteiger partial charge in [-0.2, -0.15) is 0 Å². The van der Waals surface area contributed by atoms with Crippen LogP contribution in [0.2, 0.25) is 0 Å². The monoisotopic (exact) mass is 368 g/mol. The van der Waals surface area contributed by atoms with E-state index in [9.17, 15) is 0 Å². The molecule has 1 aromatic heterocycles. The first-order valence-electron chi connectivity index (χ1n) is 9.82. The number of para-hydroxylation sites is 1. The summed E-state index contributed by atoms with van der Waals surface area (Å²) < 4.78 is 2.28. The molecule has 1 aliphatic carbocycles. The van der Waals surface area contributed by atoms with Crippen molar-refractivity contribution in [2.75, 3.05) is 0 Å². The average Bonchev–Trinajstić information content (AvgIpc) is 3.33. The fraction of sp³-hybridized carbons (Fsp3) is 0.273. The van der Waals surface area contributed by atoms with Gasteiger partial charge in [0.05, 0.1) is 11.6 Å². The van der Waals surface area contributed by atoms with Crippen LogP contribution < -0.4 is 5.32 Å². The topological polar surface area (TPSA) is 66.4 Å². The van der Waals surface area contributed by atoms with Crippen LogP contribution in [0.1, 0.15) is 24.1 Å². The Bertz CT molecular complexity index is 1140. The summed E-state index contributed by atoms with van der Waals surface area (Å²) in [6.45, 7) is 0. The summed E-state index contributed by atoms with van der Waals surface area (Å²) in [6.07, 6.45) is 15.1. The van der Waals surface area contributed by atoms with E-state index in [1.807, 2.05) is 12.4 Å². The van der Waals surface area contributed by atoms with Gasteiger partial charge in [-0.1, -0.05) is 36.4 Å². The van der Waals surface area contributed by atoms with Crippen molar-refractivity contribution < 1.29 is 0 Å². The van der Waals surface area contributed by atoms with Gasteiger partial charge in [-0.05, 0) is 25.3 Å². The number of allylic oxidation sites excluding steroid dienone is 1. The van der Waals surface area contributed by atoms with Crippen LogP contribution in [-0.2, 0) is 6.42 Å². The van der Waals surface area contributed by atoms with Gasteiger partial charge in [-0.15, -0.1) is 0 Å². The predicted octanol–water partition coefficient (Wildman–Crippen LogP) is 3.19. The van der Waals surface area contributed by atoms with Gasteiger partial charge in [-0.3, -0.25) is 14.6 Å². The van der Waals surface area contributed by atoms with Crippen LogP contribution in [0.5, 0.6) is 0 Å². The Labute approximate surface area is 162 Å². The van der Waals surface area contributed by atoms with E-state index in [1.54, 1.807) is 6.34 Å². The van der Waals surface area contributed by atoms with E-state index >= 15 is 0 Å². The summed E-state index contributed by atoms with van der Waals surface area (Å²) in [4.78, 5) is 18.5. The maximum Gasteiger partial charge on any atom is 0.209 e. The van der Waals surface area contributed by atoms with E-state index in [0.29, 0.717) is 5.92 Å². The van der Waals surface area contributed by atoms with Crippen molar-refractivity contribution in [3.05, 3.63) is 53.9 Å². The SMILES string of the molecule is C1=Cc2c(n(C3=NC4C(=NC=NC4C4C=CN=CC4)N3)c3ccccc23)CC1. The zero-order valence-corrected chi connectivity index (χ0v) is 15.4. The smallest absolute Gasteiger partial charge is 0.209 e. The van der Waals surface area contributed by atoms with Crippen molar-refractivity contribution >= 4 is 41.3 Å². The first kappa shape index (κ1) is 15.7. The Morgan fingerprint density at radius 3 is 3.07 bits per heavy atom. The molecule has 0 radical (unpaired) electrons. The number of nitrogens with zero attached hydrogens (tertiary/aromatic N) is 5. The molecular weight excluding hydrogens is 348 g/mol. The zero-order chi connectivity index (χ0) is 18.5. The Hall–Kier alpha value is -3.28. The van der Waals surface area contributed by atoms with Crippen LogP contribution in [0, 0.1) is 5.92 Å². The third kappa shape index (κ3) is 2.27. The van der Waals surface area contributed by atoms with Crippen molar-refractivity contribution in [1.29, 1.82) is 0 Å². The highest BCUT2D eigenvalue weighted by Gasteiger charge is 2.38. The highest BCUT2D eigenvalue weighted by molar-refractivity contribution is 6.14. The Morgan fingerprint density at radius 2 is 2.14 bits per heavy atom. The third-order valence-electron chi connectivity index (χ3n) is 5.94. The molecule has 3 atom stereocenters. The minimum atomic E-state index is -0.0721. The first-order valence-corrected chi connectivity index (χ1v) is 9.82. The summed E-state index contributed by atoms with van der Waals surface area (Å²) >= 11 is 0. The van der Waals surface area contributed by atoms with Gasteiger partial charge in [0.1, 0.15) is 18.2 Å². The van der Waals surface area contributed by atoms with Gasteiger partial charge in [0.2, 0.25) is 5.96 Å². The molecule has 0 amide bonds. The van der Waals surface area contributed by atoms with Crippen LogP contribution in [0.3, 0.4) is 0 Å². The second-order valence-electron chi connectivity index (χ2n) is 7.52. The van der Waals surface area contributed by atoms with E-state index < -0.39 is 0 Å². The van der Waals surface area contributed by atoms with E-state index in [4.69, 9.17) is 4.99 Å². The van der Waals surface area contributed by atoms with Crippen molar-refractivity contribution in [2.45, 2.75) is 31.3 Å². The van der Waals surface area contributed by atoms with Crippen LogP contribution in [0.25, 0.3) is 17.0 Å². The fourth-order valence-corrected chi connectivity index (χ4v) is 4.62. The Morgan fingerprint density at radius 1 is 1.18 bits per heavy atom. The molecule has 6 rings (SSSR count). The fourth-order valence-electron chi connectivity index (χ4n) is 4.62. The van der Waals surface area contributed by atoms with Crippen LogP contribution in [0.15, 0.2) is 62.6 Å². The summed E-state index contributed by atoms with van der Waals surface area (Å²) in [7, 11) is 0. The summed E-state index contributed by atoms with van der Waals surface area (Å²) in [5, 5.41) is 4.77. The van der Waals surface area contributed by atoms with Crippen molar-refractivity contribution in [2.24, 2.45) is 25.9 Å².